The molecule has 0 aliphatic carbocycles. The fourth-order valence-electron chi connectivity index (χ4n) is 1.76. The second kappa shape index (κ2) is 6.04. The summed E-state index contributed by atoms with van der Waals surface area (Å²) < 4.78 is 8.37. The molecule has 0 N–H and O–H groups in total. The SMILES string of the molecule is CC(C)C(=O)C(Br)Cc1c(Cl)cc(Cl)c2nsnc12. The Morgan fingerprint density at radius 1 is 1.32 bits per heavy atom. The molecule has 0 saturated carbocycles. The number of halogens is 3. The standard InChI is InChI=1S/C12H11BrCl2N2OS/c1-5(2)12(18)7(13)3-6-8(14)4-9(15)11-10(6)16-19-17-11/h4-5,7H,3H2,1-2H3. The topological polar surface area (TPSA) is 42.9 Å². The zero-order valence-corrected chi connectivity index (χ0v) is 14.2. The number of nitrogens with zero attached hydrogens (tertiary/aromatic N) is 2. The molecule has 102 valence electrons. The second-order valence-corrected chi connectivity index (χ2v) is 6.96. The molecule has 2 aromatic rings. The van der Waals surface area contributed by atoms with Crippen molar-refractivity contribution < 1.29 is 4.79 Å². The van der Waals surface area contributed by atoms with Crippen LogP contribution in [0.5, 0.6) is 0 Å². The molecule has 1 aromatic heterocycles. The van der Waals surface area contributed by atoms with E-state index < -0.39 is 0 Å². The Bertz CT molecular complexity index is 629. The first-order valence-electron chi connectivity index (χ1n) is 5.68. The zero-order valence-electron chi connectivity index (χ0n) is 10.3. The highest BCUT2D eigenvalue weighted by Gasteiger charge is 2.22. The summed E-state index contributed by atoms with van der Waals surface area (Å²) in [5.74, 6) is 0.113. The Hall–Kier alpha value is -0.230. The summed E-state index contributed by atoms with van der Waals surface area (Å²) >= 11 is 16.8. The van der Waals surface area contributed by atoms with Gasteiger partial charge in [0.1, 0.15) is 16.8 Å². The molecule has 0 aliphatic rings. The molecule has 0 aliphatic heterocycles. The average molecular weight is 382 g/mol. The molecule has 1 heterocycles. The third-order valence-electron chi connectivity index (χ3n) is 2.80. The molecule has 3 nitrogen and oxygen atoms in total. The minimum absolute atomic E-state index is 0.0282. The van der Waals surface area contributed by atoms with Crippen LogP contribution in [0, 0.1) is 5.92 Å². The predicted octanol–water partition coefficient (Wildman–Crippen LogP) is 4.53. The summed E-state index contributed by atoms with van der Waals surface area (Å²) in [4.78, 5) is 11.7. The summed E-state index contributed by atoms with van der Waals surface area (Å²) in [5, 5.41) is 1.00. The van der Waals surface area contributed by atoms with E-state index in [-0.39, 0.29) is 16.5 Å². The van der Waals surface area contributed by atoms with Crippen molar-refractivity contribution in [2.75, 3.05) is 0 Å². The first-order valence-corrected chi connectivity index (χ1v) is 8.09. The Morgan fingerprint density at radius 2 is 1.95 bits per heavy atom. The first kappa shape index (κ1) is 15.2. The lowest BCUT2D eigenvalue weighted by atomic mass is 10.00. The van der Waals surface area contributed by atoms with Crippen molar-refractivity contribution in [3.05, 3.63) is 21.7 Å². The van der Waals surface area contributed by atoms with Crippen LogP contribution in [-0.2, 0) is 11.2 Å². The Balaban J connectivity index is 2.40. The van der Waals surface area contributed by atoms with Gasteiger partial charge in [-0.1, -0.05) is 53.0 Å². The summed E-state index contributed by atoms with van der Waals surface area (Å²) in [6.07, 6.45) is 0.481. The quantitative estimate of drug-likeness (QED) is 0.730. The molecule has 0 amide bonds. The van der Waals surface area contributed by atoms with Crippen molar-refractivity contribution >= 4 is 67.7 Å². The maximum atomic E-state index is 12.0. The number of carbonyl (C=O) groups excluding carboxylic acids is 1. The van der Waals surface area contributed by atoms with E-state index in [0.29, 0.717) is 27.5 Å². The number of ketones is 1. The average Bonchev–Trinajstić information content (AvgIpc) is 2.82. The van der Waals surface area contributed by atoms with Crippen LogP contribution >= 0.6 is 50.9 Å². The first-order chi connectivity index (χ1) is 8.91. The fraction of sp³-hybridized carbons (Fsp3) is 0.417. The molecule has 0 bridgehead atoms. The van der Waals surface area contributed by atoms with Crippen LogP contribution in [0.15, 0.2) is 6.07 Å². The van der Waals surface area contributed by atoms with Gasteiger partial charge in [-0.3, -0.25) is 4.79 Å². The molecule has 7 heteroatoms. The van der Waals surface area contributed by atoms with Gasteiger partial charge in [0, 0.05) is 16.5 Å². The van der Waals surface area contributed by atoms with Crippen molar-refractivity contribution in [3.63, 3.8) is 0 Å². The summed E-state index contributed by atoms with van der Waals surface area (Å²) in [5.41, 5.74) is 2.14. The molecule has 0 fully saturated rings. The number of rotatable bonds is 4. The van der Waals surface area contributed by atoms with Crippen molar-refractivity contribution in [2.24, 2.45) is 5.92 Å². The van der Waals surface area contributed by atoms with Crippen molar-refractivity contribution in [3.8, 4) is 0 Å². The van der Waals surface area contributed by atoms with E-state index in [1.165, 1.54) is 0 Å². The lowest BCUT2D eigenvalue weighted by Crippen LogP contribution is -2.22. The van der Waals surface area contributed by atoms with E-state index in [1.54, 1.807) is 6.07 Å². The number of hydrogen-bond donors (Lipinski definition) is 0. The highest BCUT2D eigenvalue weighted by molar-refractivity contribution is 9.10. The van der Waals surface area contributed by atoms with Crippen LogP contribution in [0.1, 0.15) is 19.4 Å². The highest BCUT2D eigenvalue weighted by atomic mass is 79.9. The molecule has 1 atom stereocenters. The number of aromatic nitrogens is 2. The largest absolute Gasteiger partial charge is 0.298 e. The van der Waals surface area contributed by atoms with Gasteiger partial charge in [-0.05, 0) is 12.5 Å². The number of benzene rings is 1. The Kier molecular flexibility index (Phi) is 4.82. The van der Waals surface area contributed by atoms with Crippen LogP contribution in [0.4, 0.5) is 0 Å². The molecule has 1 aromatic carbocycles. The van der Waals surface area contributed by atoms with Gasteiger partial charge < -0.3 is 0 Å². The minimum atomic E-state index is -0.281. The molecular weight excluding hydrogens is 371 g/mol. The summed E-state index contributed by atoms with van der Waals surface area (Å²) in [6, 6.07) is 1.65. The van der Waals surface area contributed by atoms with Crippen LogP contribution in [0.25, 0.3) is 11.0 Å². The normalized spacial score (nSPS) is 13.2. The number of hydrogen-bond acceptors (Lipinski definition) is 4. The predicted molar refractivity (Wildman–Crippen MR) is 83.7 cm³/mol. The zero-order chi connectivity index (χ0) is 14.2. The Morgan fingerprint density at radius 3 is 2.58 bits per heavy atom. The number of Topliss-reactive ketones (excluding diaryl/α,β-unsaturated/α-hetero) is 1. The number of carbonyl (C=O) groups is 1. The molecule has 19 heavy (non-hydrogen) atoms. The number of fused-ring (bicyclic) bond motifs is 1. The van der Waals surface area contributed by atoms with Crippen molar-refractivity contribution in [2.45, 2.75) is 25.1 Å². The van der Waals surface area contributed by atoms with E-state index in [4.69, 9.17) is 23.2 Å². The monoisotopic (exact) mass is 380 g/mol. The van der Waals surface area contributed by atoms with Gasteiger partial charge in [-0.2, -0.15) is 8.75 Å². The third kappa shape index (κ3) is 3.10. The van der Waals surface area contributed by atoms with Gasteiger partial charge >= 0.3 is 0 Å². The van der Waals surface area contributed by atoms with Crippen LogP contribution < -0.4 is 0 Å². The number of alkyl halides is 1. The molecule has 0 spiro atoms. The maximum absolute atomic E-state index is 12.0. The molecule has 0 saturated heterocycles. The molecular formula is C12H11BrCl2N2OS. The van der Waals surface area contributed by atoms with Gasteiger partial charge in [0.2, 0.25) is 0 Å². The van der Waals surface area contributed by atoms with Crippen LogP contribution in [-0.4, -0.2) is 19.4 Å². The highest BCUT2D eigenvalue weighted by Crippen LogP contribution is 2.33. The van der Waals surface area contributed by atoms with Crippen LogP contribution in [0.3, 0.4) is 0 Å². The van der Waals surface area contributed by atoms with E-state index in [1.807, 2.05) is 13.8 Å². The van der Waals surface area contributed by atoms with E-state index >= 15 is 0 Å². The molecule has 2 rings (SSSR count). The Labute approximate surface area is 133 Å². The maximum Gasteiger partial charge on any atom is 0.149 e. The summed E-state index contributed by atoms with van der Waals surface area (Å²) in [7, 11) is 0. The van der Waals surface area contributed by atoms with Gasteiger partial charge in [0.15, 0.2) is 0 Å². The smallest absolute Gasteiger partial charge is 0.149 e. The van der Waals surface area contributed by atoms with Gasteiger partial charge in [0.05, 0.1) is 21.6 Å². The lowest BCUT2D eigenvalue weighted by molar-refractivity contribution is -0.121. The molecule has 1 unspecified atom stereocenters. The summed E-state index contributed by atoms with van der Waals surface area (Å²) in [6.45, 7) is 3.75. The molecule has 0 radical (unpaired) electrons. The van der Waals surface area contributed by atoms with Gasteiger partial charge in [-0.25, -0.2) is 0 Å². The van der Waals surface area contributed by atoms with E-state index in [2.05, 4.69) is 24.7 Å². The third-order valence-corrected chi connectivity index (χ3v) is 4.73. The van der Waals surface area contributed by atoms with Crippen molar-refractivity contribution in [1.82, 2.24) is 8.75 Å². The van der Waals surface area contributed by atoms with Crippen molar-refractivity contribution in [1.29, 1.82) is 0 Å². The lowest BCUT2D eigenvalue weighted by Gasteiger charge is -2.13. The van der Waals surface area contributed by atoms with Gasteiger partial charge in [-0.15, -0.1) is 0 Å². The minimum Gasteiger partial charge on any atom is -0.298 e. The second-order valence-electron chi connectivity index (χ2n) is 4.51. The van der Waals surface area contributed by atoms with E-state index in [0.717, 1.165) is 17.3 Å². The van der Waals surface area contributed by atoms with Gasteiger partial charge in [0.25, 0.3) is 0 Å². The van der Waals surface area contributed by atoms with E-state index in [9.17, 15) is 4.79 Å². The fourth-order valence-corrected chi connectivity index (χ4v) is 3.82. The van der Waals surface area contributed by atoms with Crippen LogP contribution in [0.2, 0.25) is 10.0 Å².